The monoisotopic (exact) mass is 772 g/mol. The molecule has 0 unspecified atom stereocenters. The van der Waals surface area contributed by atoms with Gasteiger partial charge in [-0.25, -0.2) is 4.98 Å². The first kappa shape index (κ1) is 36.9. The molecule has 0 bridgehead atoms. The van der Waals surface area contributed by atoms with Crippen molar-refractivity contribution < 1.29 is 0 Å². The number of hydrogen-bond donors (Lipinski definition) is 0. The summed E-state index contributed by atoms with van der Waals surface area (Å²) in [5.74, 6) is 1.82. The molecule has 2 heterocycles. The Bertz CT molecular complexity index is 3180. The van der Waals surface area contributed by atoms with Crippen LogP contribution in [-0.4, -0.2) is 19.5 Å². The molecule has 0 saturated carbocycles. The molecule has 4 nitrogen and oxygen atoms in total. The lowest BCUT2D eigenvalue weighted by Gasteiger charge is -2.22. The van der Waals surface area contributed by atoms with Gasteiger partial charge < -0.3 is 0 Å². The molecule has 0 fully saturated rings. The molecule has 60 heavy (non-hydrogen) atoms. The average molecular weight is 773 g/mol. The molecule has 0 N–H and O–H groups in total. The second-order valence-corrected chi connectivity index (χ2v) is 15.7. The lowest BCUT2D eigenvalue weighted by molar-refractivity contribution is 0.660. The second-order valence-electron chi connectivity index (χ2n) is 15.7. The Balaban J connectivity index is 0.00000213. The first-order valence-electron chi connectivity index (χ1n) is 20.9. The average Bonchev–Trinajstić information content (AvgIpc) is 3.78. The Kier molecular flexibility index (Phi) is 9.26. The molecular weight excluding hydrogens is 729 g/mol. The largest absolute Gasteiger partial charge is 0.277 e. The van der Waals surface area contributed by atoms with E-state index >= 15 is 0 Å². The zero-order valence-electron chi connectivity index (χ0n) is 34.3. The summed E-state index contributed by atoms with van der Waals surface area (Å²) in [6.45, 7) is 8.68. The highest BCUT2D eigenvalue weighted by Crippen LogP contribution is 2.49. The first-order chi connectivity index (χ1) is 29.5. The Hall–Kier alpha value is -7.43. The van der Waals surface area contributed by atoms with Gasteiger partial charge in [-0.05, 0) is 68.3 Å². The van der Waals surface area contributed by atoms with E-state index in [1.165, 1.54) is 38.9 Å². The van der Waals surface area contributed by atoms with Crippen molar-refractivity contribution in [3.63, 3.8) is 0 Å². The molecule has 4 heteroatoms. The Morgan fingerprint density at radius 2 is 0.867 bits per heavy atom. The maximum Gasteiger partial charge on any atom is 0.238 e. The van der Waals surface area contributed by atoms with E-state index in [4.69, 9.17) is 15.0 Å². The van der Waals surface area contributed by atoms with E-state index in [-0.39, 0.29) is 5.41 Å². The van der Waals surface area contributed by atoms with Crippen LogP contribution in [0.1, 0.15) is 38.8 Å². The fourth-order valence-electron chi connectivity index (χ4n) is 8.96. The zero-order chi connectivity index (χ0) is 40.8. The summed E-state index contributed by atoms with van der Waals surface area (Å²) in [4.78, 5) is 15.6. The van der Waals surface area contributed by atoms with Gasteiger partial charge in [0.05, 0.1) is 11.0 Å². The van der Waals surface area contributed by atoms with Gasteiger partial charge in [-0.15, -0.1) is 0 Å². The van der Waals surface area contributed by atoms with Gasteiger partial charge >= 0.3 is 0 Å². The van der Waals surface area contributed by atoms with E-state index < -0.39 is 0 Å². The third-order valence-corrected chi connectivity index (χ3v) is 11.9. The summed E-state index contributed by atoms with van der Waals surface area (Å²) in [5.41, 5.74) is 16.2. The van der Waals surface area contributed by atoms with Crippen molar-refractivity contribution in [3.8, 4) is 73.2 Å². The van der Waals surface area contributed by atoms with Crippen LogP contribution < -0.4 is 0 Å². The van der Waals surface area contributed by atoms with Crippen molar-refractivity contribution in [1.29, 1.82) is 0 Å². The van der Waals surface area contributed by atoms with E-state index in [0.717, 1.165) is 49.6 Å². The van der Waals surface area contributed by atoms with Crippen LogP contribution in [0.3, 0.4) is 0 Å². The van der Waals surface area contributed by atoms with Crippen LogP contribution in [0, 0.1) is 0 Å². The number of rotatable bonds is 6. The van der Waals surface area contributed by atoms with Crippen molar-refractivity contribution >= 4 is 21.8 Å². The van der Waals surface area contributed by atoms with E-state index in [2.05, 4.69) is 188 Å². The van der Waals surface area contributed by atoms with E-state index in [0.29, 0.717) is 17.6 Å². The van der Waals surface area contributed by atoms with Crippen LogP contribution >= 0.6 is 0 Å². The predicted octanol–water partition coefficient (Wildman–Crippen LogP) is 14.6. The zero-order valence-corrected chi connectivity index (χ0v) is 34.3. The highest BCUT2D eigenvalue weighted by molar-refractivity contribution is 6.13. The molecule has 1 aliphatic rings. The van der Waals surface area contributed by atoms with Crippen LogP contribution in [0.4, 0.5) is 0 Å². The first-order valence-corrected chi connectivity index (χ1v) is 20.9. The molecular formula is C56H44N4. The molecule has 8 aromatic carbocycles. The maximum absolute atomic E-state index is 5.28. The van der Waals surface area contributed by atoms with Gasteiger partial charge in [-0.3, -0.25) is 4.57 Å². The van der Waals surface area contributed by atoms with Gasteiger partial charge in [-0.1, -0.05) is 204 Å². The van der Waals surface area contributed by atoms with Crippen molar-refractivity contribution in [2.45, 2.75) is 33.1 Å². The van der Waals surface area contributed by atoms with Crippen molar-refractivity contribution in [2.75, 3.05) is 0 Å². The SMILES string of the molecule is CC.CC1(C)c2ccccc2-c2ccc(-c3cccc(-c4cccc5c6ccccc6n(-c6nc(-c7ccccc7)nc(-c7ccc(-c8ccccc8)cc7)n6)c45)c3)cc21. The number of benzene rings is 8. The van der Waals surface area contributed by atoms with E-state index in [9.17, 15) is 0 Å². The topological polar surface area (TPSA) is 43.6 Å². The Morgan fingerprint density at radius 1 is 0.367 bits per heavy atom. The lowest BCUT2D eigenvalue weighted by atomic mass is 9.81. The molecule has 0 amide bonds. The second kappa shape index (κ2) is 15.1. The van der Waals surface area contributed by atoms with Gasteiger partial charge in [0, 0.05) is 32.9 Å². The molecule has 288 valence electrons. The van der Waals surface area contributed by atoms with Gasteiger partial charge in [-0.2, -0.15) is 9.97 Å². The van der Waals surface area contributed by atoms with E-state index in [1.54, 1.807) is 0 Å². The van der Waals surface area contributed by atoms with Gasteiger partial charge in [0.25, 0.3) is 0 Å². The number of fused-ring (bicyclic) bond motifs is 6. The minimum absolute atomic E-state index is 0.0714. The summed E-state index contributed by atoms with van der Waals surface area (Å²) >= 11 is 0. The molecule has 10 aromatic rings. The van der Waals surface area contributed by atoms with Crippen molar-refractivity contribution in [3.05, 3.63) is 205 Å². The molecule has 0 saturated heterocycles. The van der Waals surface area contributed by atoms with Crippen LogP contribution in [0.2, 0.25) is 0 Å². The maximum atomic E-state index is 5.28. The fourth-order valence-corrected chi connectivity index (χ4v) is 8.96. The predicted molar refractivity (Wildman–Crippen MR) is 250 cm³/mol. The fraction of sp³-hybridized carbons (Fsp3) is 0.0893. The quantitative estimate of drug-likeness (QED) is 0.169. The summed E-state index contributed by atoms with van der Waals surface area (Å²) in [6.07, 6.45) is 0. The molecule has 0 radical (unpaired) electrons. The molecule has 1 aliphatic carbocycles. The van der Waals surface area contributed by atoms with Crippen LogP contribution in [0.25, 0.3) is 95.0 Å². The minimum Gasteiger partial charge on any atom is -0.277 e. The van der Waals surface area contributed by atoms with Crippen LogP contribution in [-0.2, 0) is 5.41 Å². The summed E-state index contributed by atoms with van der Waals surface area (Å²) in [5, 5.41) is 2.29. The number of para-hydroxylation sites is 2. The number of aromatic nitrogens is 4. The molecule has 11 rings (SSSR count). The van der Waals surface area contributed by atoms with Crippen molar-refractivity contribution in [2.24, 2.45) is 0 Å². The van der Waals surface area contributed by atoms with Gasteiger partial charge in [0.15, 0.2) is 11.6 Å². The summed E-state index contributed by atoms with van der Waals surface area (Å²) < 4.78 is 2.23. The third kappa shape index (κ3) is 6.20. The third-order valence-electron chi connectivity index (χ3n) is 11.9. The molecule has 0 spiro atoms. The Morgan fingerprint density at radius 3 is 1.63 bits per heavy atom. The lowest BCUT2D eigenvalue weighted by Crippen LogP contribution is -2.14. The highest BCUT2D eigenvalue weighted by atomic mass is 15.2. The van der Waals surface area contributed by atoms with Crippen LogP contribution in [0.5, 0.6) is 0 Å². The summed E-state index contributed by atoms with van der Waals surface area (Å²) in [6, 6.07) is 69.0. The molecule has 2 aromatic heterocycles. The Labute approximate surface area is 351 Å². The van der Waals surface area contributed by atoms with Crippen molar-refractivity contribution in [1.82, 2.24) is 19.5 Å². The van der Waals surface area contributed by atoms with Gasteiger partial charge in [0.2, 0.25) is 5.95 Å². The number of nitrogens with zero attached hydrogens (tertiary/aromatic N) is 4. The molecule has 0 atom stereocenters. The smallest absolute Gasteiger partial charge is 0.238 e. The van der Waals surface area contributed by atoms with E-state index in [1.807, 2.05) is 38.1 Å². The normalized spacial score (nSPS) is 12.5. The van der Waals surface area contributed by atoms with Gasteiger partial charge in [0.1, 0.15) is 0 Å². The molecule has 0 aliphatic heterocycles. The highest BCUT2D eigenvalue weighted by Gasteiger charge is 2.35. The summed E-state index contributed by atoms with van der Waals surface area (Å²) in [7, 11) is 0. The standard InChI is InChI=1S/C54H38N4.C2H6/c1-54(2)47-25-11-9-21-43(47)44-32-31-40(34-48(44)54)39-19-13-20-41(33-39)42-23-14-24-46-45-22-10-12-26-49(45)58(50(42)46)53-56-51(37-17-7-4-8-18-37)55-52(57-53)38-29-27-36(28-30-38)35-15-5-3-6-16-35;1-2/h3-34H,1-2H3;1-2H3. The minimum atomic E-state index is -0.0714. The van der Waals surface area contributed by atoms with Crippen LogP contribution in [0.15, 0.2) is 194 Å². The number of hydrogen-bond acceptors (Lipinski definition) is 3.